The first-order chi connectivity index (χ1) is 17.1. The average molecular weight is 495 g/mol. The summed E-state index contributed by atoms with van der Waals surface area (Å²) in [4.78, 5) is 38.6. The Morgan fingerprint density at radius 1 is 1.06 bits per heavy atom. The maximum Gasteiger partial charge on any atom is 0.410 e. The normalized spacial score (nSPS) is 18.1. The molecule has 192 valence electrons. The van der Waals surface area contributed by atoms with Crippen molar-refractivity contribution in [2.75, 3.05) is 19.7 Å². The van der Waals surface area contributed by atoms with Crippen LogP contribution in [0, 0.1) is 5.92 Å². The van der Waals surface area contributed by atoms with Gasteiger partial charge in [0.15, 0.2) is 0 Å². The zero-order valence-electron chi connectivity index (χ0n) is 21.0. The Bertz CT molecular complexity index is 1080. The van der Waals surface area contributed by atoms with E-state index >= 15 is 0 Å². The van der Waals surface area contributed by atoms with Gasteiger partial charge in [-0.1, -0.05) is 48.5 Å². The van der Waals surface area contributed by atoms with Crippen LogP contribution in [-0.2, 0) is 14.3 Å². The van der Waals surface area contributed by atoms with E-state index in [-0.39, 0.29) is 24.9 Å². The zero-order chi connectivity index (χ0) is 25.9. The fraction of sp³-hybridized carbons (Fsp3) is 0.464. The van der Waals surface area contributed by atoms with Crippen LogP contribution in [0.4, 0.5) is 9.59 Å². The van der Waals surface area contributed by atoms with Gasteiger partial charge in [-0.15, -0.1) is 0 Å². The summed E-state index contributed by atoms with van der Waals surface area (Å²) in [5.41, 5.74) is 3.86. The lowest BCUT2D eigenvalue weighted by Gasteiger charge is -2.37. The summed E-state index contributed by atoms with van der Waals surface area (Å²) in [5, 5.41) is 12.3. The van der Waals surface area contributed by atoms with Crippen molar-refractivity contribution < 1.29 is 29.0 Å². The van der Waals surface area contributed by atoms with Crippen molar-refractivity contribution in [1.29, 1.82) is 0 Å². The van der Waals surface area contributed by atoms with Crippen LogP contribution in [0.25, 0.3) is 11.1 Å². The van der Waals surface area contributed by atoms with E-state index < -0.39 is 29.8 Å². The maximum atomic E-state index is 12.8. The van der Waals surface area contributed by atoms with Crippen LogP contribution < -0.4 is 5.32 Å². The van der Waals surface area contributed by atoms with E-state index in [9.17, 15) is 19.5 Å². The van der Waals surface area contributed by atoms with Crippen molar-refractivity contribution in [3.8, 4) is 11.1 Å². The topological polar surface area (TPSA) is 105 Å². The van der Waals surface area contributed by atoms with Gasteiger partial charge in [0.05, 0.1) is 6.42 Å². The van der Waals surface area contributed by atoms with Crippen molar-refractivity contribution >= 4 is 18.2 Å². The van der Waals surface area contributed by atoms with Crippen molar-refractivity contribution in [1.82, 2.24) is 10.2 Å². The standard InChI is InChI=1S/C28H34N2O6/c1-28(2,3)36-27(34)30-14-8-9-18(16-30)24(15-25(31)32)29-26(33)35-17-23-21-12-6-4-10-19(21)20-11-5-7-13-22(20)23/h4-7,10-13,18,23-24H,8-9,14-17H2,1-3H3,(H,29,33)(H,31,32)/t18-,24-/m0/s1. The first-order valence-corrected chi connectivity index (χ1v) is 12.4. The Hall–Kier alpha value is -3.55. The minimum atomic E-state index is -1.02. The molecule has 2 atom stereocenters. The number of benzene rings is 2. The van der Waals surface area contributed by atoms with E-state index in [1.807, 2.05) is 36.4 Å². The number of hydrogen-bond acceptors (Lipinski definition) is 5. The van der Waals surface area contributed by atoms with Crippen molar-refractivity contribution in [3.63, 3.8) is 0 Å². The highest BCUT2D eigenvalue weighted by molar-refractivity contribution is 5.79. The lowest BCUT2D eigenvalue weighted by molar-refractivity contribution is -0.138. The predicted molar refractivity (Wildman–Crippen MR) is 135 cm³/mol. The van der Waals surface area contributed by atoms with E-state index in [2.05, 4.69) is 17.4 Å². The smallest absolute Gasteiger partial charge is 0.410 e. The second-order valence-electron chi connectivity index (χ2n) is 10.5. The number of nitrogens with one attached hydrogen (secondary N) is 1. The van der Waals surface area contributed by atoms with Crippen molar-refractivity contribution in [2.45, 2.75) is 57.6 Å². The summed E-state index contributed by atoms with van der Waals surface area (Å²) in [6.45, 7) is 6.41. The first-order valence-electron chi connectivity index (χ1n) is 12.4. The number of amides is 2. The van der Waals surface area contributed by atoms with Crippen LogP contribution >= 0.6 is 0 Å². The molecule has 0 aromatic heterocycles. The number of hydrogen-bond donors (Lipinski definition) is 2. The molecule has 2 aliphatic rings. The molecule has 0 unspecified atom stereocenters. The molecule has 2 amide bonds. The second-order valence-corrected chi connectivity index (χ2v) is 10.5. The number of nitrogens with zero attached hydrogens (tertiary/aromatic N) is 1. The molecule has 1 aliphatic heterocycles. The summed E-state index contributed by atoms with van der Waals surface area (Å²) in [6.07, 6.45) is 0.0598. The molecule has 8 nitrogen and oxygen atoms in total. The van der Waals surface area contributed by atoms with Gasteiger partial charge < -0.3 is 24.8 Å². The van der Waals surface area contributed by atoms with Crippen LogP contribution in [-0.4, -0.2) is 59.5 Å². The molecule has 1 aliphatic carbocycles. The summed E-state index contributed by atoms with van der Waals surface area (Å²) < 4.78 is 11.1. The number of carbonyl (C=O) groups is 3. The molecule has 1 heterocycles. The third-order valence-corrected chi connectivity index (χ3v) is 6.72. The third-order valence-electron chi connectivity index (χ3n) is 6.72. The van der Waals surface area contributed by atoms with Gasteiger partial charge >= 0.3 is 18.2 Å². The fourth-order valence-electron chi connectivity index (χ4n) is 5.15. The molecule has 2 aromatic carbocycles. The van der Waals surface area contributed by atoms with Gasteiger partial charge in [-0.3, -0.25) is 4.79 Å². The van der Waals surface area contributed by atoms with Gasteiger partial charge in [0, 0.05) is 25.0 Å². The van der Waals surface area contributed by atoms with E-state index in [1.165, 1.54) is 0 Å². The highest BCUT2D eigenvalue weighted by Gasteiger charge is 2.34. The van der Waals surface area contributed by atoms with Gasteiger partial charge in [-0.25, -0.2) is 9.59 Å². The molecule has 1 saturated heterocycles. The Morgan fingerprint density at radius 3 is 2.25 bits per heavy atom. The number of aliphatic carboxylic acids is 1. The Balaban J connectivity index is 1.40. The van der Waals surface area contributed by atoms with Crippen LogP contribution in [0.5, 0.6) is 0 Å². The molecule has 36 heavy (non-hydrogen) atoms. The summed E-state index contributed by atoms with van der Waals surface area (Å²) in [7, 11) is 0. The first kappa shape index (κ1) is 25.5. The van der Waals surface area contributed by atoms with Crippen molar-refractivity contribution in [2.24, 2.45) is 5.92 Å². The number of likely N-dealkylation sites (tertiary alicyclic amines) is 1. The molecule has 1 fully saturated rings. The zero-order valence-corrected chi connectivity index (χ0v) is 21.0. The molecular formula is C28H34N2O6. The number of alkyl carbamates (subject to hydrolysis) is 1. The highest BCUT2D eigenvalue weighted by atomic mass is 16.6. The van der Waals surface area contributed by atoms with Crippen LogP contribution in [0.3, 0.4) is 0 Å². The molecule has 0 spiro atoms. The molecule has 0 radical (unpaired) electrons. The Labute approximate surface area is 211 Å². The number of ether oxygens (including phenoxy) is 2. The van der Waals surface area contributed by atoms with Gasteiger partial charge in [0.25, 0.3) is 0 Å². The SMILES string of the molecule is CC(C)(C)OC(=O)N1CCC[C@H]([C@H](CC(=O)O)NC(=O)OCC2c3ccccc3-c3ccccc32)C1. The monoisotopic (exact) mass is 494 g/mol. The molecule has 0 bridgehead atoms. The van der Waals surface area contributed by atoms with Gasteiger partial charge in [-0.05, 0) is 61.8 Å². The van der Waals surface area contributed by atoms with Gasteiger partial charge in [0.2, 0.25) is 0 Å². The summed E-state index contributed by atoms with van der Waals surface area (Å²) >= 11 is 0. The second kappa shape index (κ2) is 10.6. The summed E-state index contributed by atoms with van der Waals surface area (Å²) in [6, 6.07) is 15.5. The largest absolute Gasteiger partial charge is 0.481 e. The number of carbonyl (C=O) groups excluding carboxylic acids is 2. The highest BCUT2D eigenvalue weighted by Crippen LogP contribution is 2.44. The number of carboxylic acids is 1. The van der Waals surface area contributed by atoms with E-state index in [1.54, 1.807) is 25.7 Å². The number of fused-ring (bicyclic) bond motifs is 3. The molecule has 8 heteroatoms. The third kappa shape index (κ3) is 5.98. The van der Waals surface area contributed by atoms with Gasteiger partial charge in [-0.2, -0.15) is 0 Å². The lowest BCUT2D eigenvalue weighted by Crippen LogP contribution is -2.50. The minimum absolute atomic E-state index is 0.0848. The molecule has 0 saturated carbocycles. The number of carboxylic acid groups (broad SMARTS) is 1. The maximum absolute atomic E-state index is 12.8. The van der Waals surface area contributed by atoms with E-state index in [0.717, 1.165) is 22.3 Å². The quantitative estimate of drug-likeness (QED) is 0.585. The molecule has 4 rings (SSSR count). The van der Waals surface area contributed by atoms with Crippen LogP contribution in [0.15, 0.2) is 48.5 Å². The van der Waals surface area contributed by atoms with Crippen LogP contribution in [0.1, 0.15) is 57.1 Å². The molecule has 2 aromatic rings. The average Bonchev–Trinajstić information content (AvgIpc) is 3.15. The number of piperidine rings is 1. The lowest BCUT2D eigenvalue weighted by atomic mass is 9.89. The number of rotatable bonds is 6. The minimum Gasteiger partial charge on any atom is -0.481 e. The molecular weight excluding hydrogens is 460 g/mol. The van der Waals surface area contributed by atoms with Crippen LogP contribution in [0.2, 0.25) is 0 Å². The Morgan fingerprint density at radius 2 is 1.67 bits per heavy atom. The fourth-order valence-corrected chi connectivity index (χ4v) is 5.15. The Kier molecular flexibility index (Phi) is 7.52. The van der Waals surface area contributed by atoms with Crippen molar-refractivity contribution in [3.05, 3.63) is 59.7 Å². The van der Waals surface area contributed by atoms with E-state index in [4.69, 9.17) is 9.47 Å². The van der Waals surface area contributed by atoms with E-state index in [0.29, 0.717) is 25.9 Å². The predicted octanol–water partition coefficient (Wildman–Crippen LogP) is 5.02. The molecule has 2 N–H and O–H groups in total. The van der Waals surface area contributed by atoms with Gasteiger partial charge in [0.1, 0.15) is 12.2 Å². The summed E-state index contributed by atoms with van der Waals surface area (Å²) in [5.74, 6) is -1.32.